The largest absolute Gasteiger partial charge is 0.390 e. The molecule has 0 aliphatic rings. The first-order valence-corrected chi connectivity index (χ1v) is 5.94. The fourth-order valence-electron chi connectivity index (χ4n) is 1.71. The van der Waals surface area contributed by atoms with Gasteiger partial charge < -0.3 is 4.84 Å². The molecule has 2 aromatic rings. The van der Waals surface area contributed by atoms with Crippen LogP contribution in [0.5, 0.6) is 0 Å². The van der Waals surface area contributed by atoms with Gasteiger partial charge in [0.2, 0.25) is 0 Å². The van der Waals surface area contributed by atoms with E-state index in [2.05, 4.69) is 30.4 Å². The second kappa shape index (κ2) is 6.01. The Balaban J connectivity index is 1.89. The number of hydrogen-bond donors (Lipinski definition) is 0. The molecule has 0 N–H and O–H groups in total. The van der Waals surface area contributed by atoms with Crippen LogP contribution in [0.15, 0.2) is 53.7 Å². The molecule has 0 bridgehead atoms. The molecular formula is C16H16NO. The monoisotopic (exact) mass is 238 g/mol. The molecule has 0 fully saturated rings. The van der Waals surface area contributed by atoms with E-state index in [-0.39, 0.29) is 0 Å². The first-order valence-electron chi connectivity index (χ1n) is 5.94. The van der Waals surface area contributed by atoms with Gasteiger partial charge in [-0.05, 0) is 25.5 Å². The number of hydrogen-bond acceptors (Lipinski definition) is 2. The third-order valence-electron chi connectivity index (χ3n) is 2.57. The average Bonchev–Trinajstić information content (AvgIpc) is 2.35. The number of benzene rings is 2. The standard InChI is InChI=1S/C16H16NO/c1-13-5-3-7-15(9-13)11-17-18-12-16-8-4-6-14(2)10-16/h3-10H,12H2,1-2H3. The van der Waals surface area contributed by atoms with Crippen molar-refractivity contribution in [2.45, 2.75) is 20.5 Å². The van der Waals surface area contributed by atoms with Gasteiger partial charge in [-0.2, -0.15) is 0 Å². The first kappa shape index (κ1) is 12.4. The zero-order valence-electron chi connectivity index (χ0n) is 10.7. The van der Waals surface area contributed by atoms with E-state index in [9.17, 15) is 0 Å². The molecule has 0 heterocycles. The molecule has 0 atom stereocenters. The lowest BCUT2D eigenvalue weighted by atomic mass is 10.1. The lowest BCUT2D eigenvalue weighted by Crippen LogP contribution is -1.89. The summed E-state index contributed by atoms with van der Waals surface area (Å²) in [6.45, 7) is 4.57. The highest BCUT2D eigenvalue weighted by Gasteiger charge is 1.93. The second-order valence-electron chi connectivity index (χ2n) is 4.34. The Morgan fingerprint density at radius 3 is 2.44 bits per heavy atom. The lowest BCUT2D eigenvalue weighted by molar-refractivity contribution is 0.132. The van der Waals surface area contributed by atoms with Crippen molar-refractivity contribution in [3.05, 3.63) is 70.8 Å². The Bertz CT molecular complexity index is 546. The molecule has 1 radical (unpaired) electrons. The van der Waals surface area contributed by atoms with Crippen LogP contribution >= 0.6 is 0 Å². The smallest absolute Gasteiger partial charge is 0.142 e. The van der Waals surface area contributed by atoms with Crippen LogP contribution in [0.3, 0.4) is 0 Å². The zero-order chi connectivity index (χ0) is 12.8. The van der Waals surface area contributed by atoms with Crippen molar-refractivity contribution in [1.82, 2.24) is 0 Å². The molecule has 2 heteroatoms. The van der Waals surface area contributed by atoms with Crippen molar-refractivity contribution in [3.8, 4) is 0 Å². The molecular weight excluding hydrogens is 222 g/mol. The highest BCUT2D eigenvalue weighted by atomic mass is 16.6. The van der Waals surface area contributed by atoms with Crippen molar-refractivity contribution in [1.29, 1.82) is 0 Å². The Labute approximate surface area is 108 Å². The number of rotatable bonds is 4. The molecule has 0 unspecified atom stereocenters. The van der Waals surface area contributed by atoms with Gasteiger partial charge in [0.15, 0.2) is 0 Å². The summed E-state index contributed by atoms with van der Waals surface area (Å²) >= 11 is 0. The Morgan fingerprint density at radius 1 is 1.00 bits per heavy atom. The van der Waals surface area contributed by atoms with E-state index in [0.717, 1.165) is 11.1 Å². The Morgan fingerprint density at radius 2 is 1.72 bits per heavy atom. The summed E-state index contributed by atoms with van der Waals surface area (Å²) < 4.78 is 0. The summed E-state index contributed by atoms with van der Waals surface area (Å²) in [6, 6.07) is 16.2. The summed E-state index contributed by atoms with van der Waals surface area (Å²) in [5, 5.41) is 3.86. The summed E-state index contributed by atoms with van der Waals surface area (Å²) in [7, 11) is 0. The van der Waals surface area contributed by atoms with E-state index < -0.39 is 0 Å². The maximum absolute atomic E-state index is 5.23. The fraction of sp³-hybridized carbons (Fsp3) is 0.188. The van der Waals surface area contributed by atoms with E-state index in [1.54, 1.807) is 0 Å². The van der Waals surface area contributed by atoms with Crippen LogP contribution in [0.2, 0.25) is 0 Å². The highest BCUT2D eigenvalue weighted by molar-refractivity contribution is 5.79. The molecule has 2 rings (SSSR count). The maximum Gasteiger partial charge on any atom is 0.142 e. The quantitative estimate of drug-likeness (QED) is 0.587. The third kappa shape index (κ3) is 3.74. The molecule has 0 saturated heterocycles. The lowest BCUT2D eigenvalue weighted by Gasteiger charge is -2.00. The summed E-state index contributed by atoms with van der Waals surface area (Å²) in [6.07, 6.45) is 2.87. The van der Waals surface area contributed by atoms with Gasteiger partial charge in [0.05, 0.1) is 0 Å². The minimum atomic E-state index is 0.473. The molecule has 2 aromatic carbocycles. The molecule has 2 nitrogen and oxygen atoms in total. The van der Waals surface area contributed by atoms with Gasteiger partial charge in [0.25, 0.3) is 0 Å². The molecule has 18 heavy (non-hydrogen) atoms. The molecule has 0 aromatic heterocycles. The van der Waals surface area contributed by atoms with Gasteiger partial charge in [-0.3, -0.25) is 0 Å². The highest BCUT2D eigenvalue weighted by Crippen LogP contribution is 2.06. The molecule has 0 aliphatic heterocycles. The predicted octanol–water partition coefficient (Wildman–Crippen LogP) is 3.73. The second-order valence-corrected chi connectivity index (χ2v) is 4.34. The van der Waals surface area contributed by atoms with Crippen LogP contribution in [0, 0.1) is 13.8 Å². The van der Waals surface area contributed by atoms with Crippen LogP contribution in [-0.4, -0.2) is 6.21 Å². The van der Waals surface area contributed by atoms with Gasteiger partial charge in [0, 0.05) is 5.56 Å². The number of nitrogens with zero attached hydrogens (tertiary/aromatic N) is 1. The Hall–Kier alpha value is -2.09. The number of aryl methyl sites for hydroxylation is 2. The van der Waals surface area contributed by atoms with Crippen molar-refractivity contribution < 1.29 is 4.84 Å². The molecule has 0 saturated carbocycles. The topological polar surface area (TPSA) is 21.6 Å². The Kier molecular flexibility index (Phi) is 4.13. The third-order valence-corrected chi connectivity index (χ3v) is 2.57. The van der Waals surface area contributed by atoms with E-state index in [0.29, 0.717) is 6.61 Å². The predicted molar refractivity (Wildman–Crippen MR) is 73.7 cm³/mol. The van der Waals surface area contributed by atoms with Gasteiger partial charge >= 0.3 is 0 Å². The minimum absolute atomic E-state index is 0.473. The van der Waals surface area contributed by atoms with E-state index in [4.69, 9.17) is 4.84 Å². The molecule has 0 aliphatic carbocycles. The van der Waals surface area contributed by atoms with Crippen molar-refractivity contribution in [2.24, 2.45) is 5.16 Å². The van der Waals surface area contributed by atoms with E-state index >= 15 is 0 Å². The normalized spacial score (nSPS) is 10.8. The maximum atomic E-state index is 5.23. The van der Waals surface area contributed by atoms with Gasteiger partial charge in [-0.25, -0.2) is 0 Å². The summed E-state index contributed by atoms with van der Waals surface area (Å²) in [4.78, 5) is 5.23. The van der Waals surface area contributed by atoms with Crippen LogP contribution in [0.25, 0.3) is 0 Å². The van der Waals surface area contributed by atoms with Crippen molar-refractivity contribution in [2.75, 3.05) is 0 Å². The average molecular weight is 238 g/mol. The molecule has 0 amide bonds. The van der Waals surface area contributed by atoms with Crippen molar-refractivity contribution >= 4 is 6.21 Å². The first-order chi connectivity index (χ1) is 8.74. The van der Waals surface area contributed by atoms with E-state index in [1.165, 1.54) is 11.1 Å². The molecule has 0 spiro atoms. The molecule has 91 valence electrons. The van der Waals surface area contributed by atoms with Gasteiger partial charge in [-0.1, -0.05) is 58.7 Å². The van der Waals surface area contributed by atoms with Crippen LogP contribution < -0.4 is 0 Å². The minimum Gasteiger partial charge on any atom is -0.390 e. The summed E-state index contributed by atoms with van der Waals surface area (Å²) in [5.74, 6) is 0. The van der Waals surface area contributed by atoms with Gasteiger partial charge in [-0.15, -0.1) is 0 Å². The van der Waals surface area contributed by atoms with Crippen LogP contribution in [0.1, 0.15) is 22.3 Å². The van der Waals surface area contributed by atoms with E-state index in [1.807, 2.05) is 43.3 Å². The fourth-order valence-corrected chi connectivity index (χ4v) is 1.71. The van der Waals surface area contributed by atoms with Gasteiger partial charge in [0.1, 0.15) is 12.8 Å². The SMILES string of the molecule is Cc1cccc(/[C]=N\OCc2cccc(C)c2)c1. The zero-order valence-corrected chi connectivity index (χ0v) is 10.7. The summed E-state index contributed by atoms with van der Waals surface area (Å²) in [5.41, 5.74) is 4.46. The van der Waals surface area contributed by atoms with Crippen molar-refractivity contribution in [3.63, 3.8) is 0 Å². The van der Waals surface area contributed by atoms with Crippen LogP contribution in [-0.2, 0) is 11.4 Å². The van der Waals surface area contributed by atoms with Crippen LogP contribution in [0.4, 0.5) is 0 Å².